The van der Waals surface area contributed by atoms with Crippen molar-refractivity contribution in [3.8, 4) is 5.75 Å². The SMILES string of the molecule is CC(C)(O)[C@](Cl)(NC(=O)c1cnccn1)c1ccc(OC(F)(F)F)c(F)c1. The van der Waals surface area contributed by atoms with Gasteiger partial charge < -0.3 is 15.2 Å². The fourth-order valence-electron chi connectivity index (χ4n) is 2.14. The Morgan fingerprint density at radius 2 is 1.93 bits per heavy atom. The zero-order valence-electron chi connectivity index (χ0n) is 14.0. The number of carbonyl (C=O) groups excluding carboxylic acids is 1. The summed E-state index contributed by atoms with van der Waals surface area (Å²) in [5.41, 5.74) is -2.20. The molecule has 27 heavy (non-hydrogen) atoms. The molecular weight excluding hydrogens is 394 g/mol. The van der Waals surface area contributed by atoms with Crippen molar-refractivity contribution in [2.24, 2.45) is 0 Å². The van der Waals surface area contributed by atoms with Crippen LogP contribution in [0.25, 0.3) is 0 Å². The van der Waals surface area contributed by atoms with Crippen molar-refractivity contribution in [2.75, 3.05) is 0 Å². The highest BCUT2D eigenvalue weighted by Crippen LogP contribution is 2.39. The normalized spacial score (nSPS) is 14.4. The number of alkyl halides is 4. The number of aliphatic hydroxyl groups is 1. The van der Waals surface area contributed by atoms with E-state index in [1.807, 2.05) is 0 Å². The first kappa shape index (κ1) is 20.8. The van der Waals surface area contributed by atoms with Crippen LogP contribution in [0.1, 0.15) is 29.9 Å². The average Bonchev–Trinajstić information content (AvgIpc) is 2.55. The van der Waals surface area contributed by atoms with Gasteiger partial charge in [-0.25, -0.2) is 9.37 Å². The van der Waals surface area contributed by atoms with Crippen molar-refractivity contribution in [3.05, 3.63) is 53.9 Å². The maximum absolute atomic E-state index is 14.1. The number of nitrogens with one attached hydrogen (secondary N) is 1. The van der Waals surface area contributed by atoms with Crippen LogP contribution < -0.4 is 10.1 Å². The standard InChI is InChI=1S/C16H14ClF4N3O3/c1-14(2,26)15(17,24-13(25)11-8-22-5-6-23-11)9-3-4-12(10(18)7-9)27-16(19,20)21/h3-8,26H,1-2H3,(H,24,25)/t15-/m1/s1. The summed E-state index contributed by atoms with van der Waals surface area (Å²) in [7, 11) is 0. The van der Waals surface area contributed by atoms with Gasteiger partial charge in [-0.1, -0.05) is 17.7 Å². The van der Waals surface area contributed by atoms with Crippen LogP contribution in [0.2, 0.25) is 0 Å². The van der Waals surface area contributed by atoms with E-state index in [2.05, 4.69) is 20.0 Å². The highest BCUT2D eigenvalue weighted by atomic mass is 35.5. The van der Waals surface area contributed by atoms with Crippen LogP contribution in [0.4, 0.5) is 17.6 Å². The van der Waals surface area contributed by atoms with Crippen molar-refractivity contribution in [1.29, 1.82) is 0 Å². The summed E-state index contributed by atoms with van der Waals surface area (Å²) >= 11 is 6.38. The van der Waals surface area contributed by atoms with Crippen LogP contribution >= 0.6 is 11.6 Å². The van der Waals surface area contributed by atoms with Gasteiger partial charge in [0.15, 0.2) is 16.6 Å². The van der Waals surface area contributed by atoms with E-state index in [0.717, 1.165) is 12.3 Å². The monoisotopic (exact) mass is 407 g/mol. The van der Waals surface area contributed by atoms with Gasteiger partial charge in [0.25, 0.3) is 5.91 Å². The maximum Gasteiger partial charge on any atom is 0.573 e. The lowest BCUT2D eigenvalue weighted by molar-refractivity contribution is -0.275. The first-order chi connectivity index (χ1) is 12.3. The van der Waals surface area contributed by atoms with Gasteiger partial charge in [-0.05, 0) is 31.5 Å². The Balaban J connectivity index is 2.42. The first-order valence-electron chi connectivity index (χ1n) is 7.39. The molecule has 1 heterocycles. The summed E-state index contributed by atoms with van der Waals surface area (Å²) in [6, 6.07) is 2.31. The summed E-state index contributed by atoms with van der Waals surface area (Å²) in [6.07, 6.45) is -1.37. The van der Waals surface area contributed by atoms with Crippen molar-refractivity contribution in [1.82, 2.24) is 15.3 Å². The van der Waals surface area contributed by atoms with Gasteiger partial charge in [-0.2, -0.15) is 0 Å². The molecule has 0 fully saturated rings. The number of ether oxygens (including phenoxy) is 1. The van der Waals surface area contributed by atoms with E-state index in [1.165, 1.54) is 26.2 Å². The minimum Gasteiger partial charge on any atom is -0.403 e. The Morgan fingerprint density at radius 1 is 1.26 bits per heavy atom. The topological polar surface area (TPSA) is 84.3 Å². The van der Waals surface area contributed by atoms with Gasteiger partial charge in [0.05, 0.1) is 6.20 Å². The molecule has 1 aromatic carbocycles. The highest BCUT2D eigenvalue weighted by Gasteiger charge is 2.46. The van der Waals surface area contributed by atoms with E-state index >= 15 is 0 Å². The third kappa shape index (κ3) is 4.83. The third-order valence-electron chi connectivity index (χ3n) is 3.48. The summed E-state index contributed by atoms with van der Waals surface area (Å²) < 4.78 is 54.4. The number of benzene rings is 1. The van der Waals surface area contributed by atoms with Gasteiger partial charge in [-0.3, -0.25) is 9.78 Å². The molecular formula is C16H14ClF4N3O3. The Morgan fingerprint density at radius 3 is 2.41 bits per heavy atom. The molecule has 1 amide bonds. The molecule has 0 bridgehead atoms. The molecule has 0 saturated heterocycles. The molecule has 11 heteroatoms. The number of carbonyl (C=O) groups is 1. The third-order valence-corrected chi connectivity index (χ3v) is 4.26. The predicted octanol–water partition coefficient (Wildman–Crippen LogP) is 3.11. The fourth-order valence-corrected chi connectivity index (χ4v) is 2.34. The molecule has 2 rings (SSSR count). The molecule has 0 aliphatic heterocycles. The Bertz CT molecular complexity index is 828. The quantitative estimate of drug-likeness (QED) is 0.452. The second kappa shape index (κ2) is 7.28. The lowest BCUT2D eigenvalue weighted by Gasteiger charge is -2.39. The molecule has 0 aliphatic carbocycles. The average molecular weight is 408 g/mol. The van der Waals surface area contributed by atoms with E-state index < -0.39 is 34.4 Å². The number of hydrogen-bond donors (Lipinski definition) is 2. The van der Waals surface area contributed by atoms with E-state index in [9.17, 15) is 27.5 Å². The van der Waals surface area contributed by atoms with Crippen LogP contribution in [0.15, 0.2) is 36.8 Å². The van der Waals surface area contributed by atoms with Crippen molar-refractivity contribution < 1.29 is 32.2 Å². The molecule has 0 spiro atoms. The molecule has 0 aliphatic rings. The van der Waals surface area contributed by atoms with Crippen molar-refractivity contribution >= 4 is 17.5 Å². The molecule has 0 radical (unpaired) electrons. The van der Waals surface area contributed by atoms with E-state index in [1.54, 1.807) is 0 Å². The zero-order chi connectivity index (χ0) is 20.5. The smallest absolute Gasteiger partial charge is 0.403 e. The number of amides is 1. The number of aromatic nitrogens is 2. The molecule has 0 unspecified atom stereocenters. The summed E-state index contributed by atoms with van der Waals surface area (Å²) in [5.74, 6) is -3.30. The fraction of sp³-hybridized carbons (Fsp3) is 0.312. The molecule has 1 aromatic heterocycles. The summed E-state index contributed by atoms with van der Waals surface area (Å²) in [4.78, 5) is 17.7. The summed E-state index contributed by atoms with van der Waals surface area (Å²) in [6.45, 7) is 2.46. The molecule has 6 nitrogen and oxygen atoms in total. The Hall–Kier alpha value is -2.46. The van der Waals surface area contributed by atoms with Gasteiger partial charge in [0, 0.05) is 12.4 Å². The first-order valence-corrected chi connectivity index (χ1v) is 7.77. The van der Waals surface area contributed by atoms with Crippen LogP contribution in [-0.4, -0.2) is 32.9 Å². The molecule has 146 valence electrons. The van der Waals surface area contributed by atoms with Gasteiger partial charge >= 0.3 is 6.36 Å². The van der Waals surface area contributed by atoms with Crippen LogP contribution in [0.5, 0.6) is 5.75 Å². The van der Waals surface area contributed by atoms with Crippen LogP contribution in [0.3, 0.4) is 0 Å². The lowest BCUT2D eigenvalue weighted by atomic mass is 9.90. The Labute approximate surface area is 156 Å². The second-order valence-corrected chi connectivity index (χ2v) is 6.52. The minimum absolute atomic E-state index is 0.135. The zero-order valence-corrected chi connectivity index (χ0v) is 14.8. The van der Waals surface area contributed by atoms with E-state index in [-0.39, 0.29) is 11.3 Å². The molecule has 2 aromatic rings. The largest absolute Gasteiger partial charge is 0.573 e. The lowest BCUT2D eigenvalue weighted by Crippen LogP contribution is -2.55. The van der Waals surface area contributed by atoms with Crippen molar-refractivity contribution in [2.45, 2.75) is 30.8 Å². The summed E-state index contributed by atoms with van der Waals surface area (Å²) in [5, 5.41) is 12.7. The number of nitrogens with zero attached hydrogens (tertiary/aromatic N) is 2. The predicted molar refractivity (Wildman–Crippen MR) is 86.4 cm³/mol. The molecule has 2 N–H and O–H groups in total. The van der Waals surface area contributed by atoms with E-state index in [4.69, 9.17) is 11.6 Å². The number of hydrogen-bond acceptors (Lipinski definition) is 5. The molecule has 1 atom stereocenters. The van der Waals surface area contributed by atoms with Gasteiger partial charge in [-0.15, -0.1) is 13.2 Å². The highest BCUT2D eigenvalue weighted by molar-refractivity contribution is 6.26. The van der Waals surface area contributed by atoms with E-state index in [0.29, 0.717) is 12.1 Å². The number of halogens is 5. The maximum atomic E-state index is 14.1. The van der Waals surface area contributed by atoms with Crippen LogP contribution in [-0.2, 0) is 5.00 Å². The second-order valence-electron chi connectivity index (χ2n) is 5.96. The van der Waals surface area contributed by atoms with Crippen molar-refractivity contribution in [3.63, 3.8) is 0 Å². The minimum atomic E-state index is -5.09. The van der Waals surface area contributed by atoms with Gasteiger partial charge in [0.1, 0.15) is 11.3 Å². The Kier molecular flexibility index (Phi) is 5.62. The molecule has 0 saturated carbocycles. The number of rotatable bonds is 5. The van der Waals surface area contributed by atoms with Crippen LogP contribution in [0, 0.1) is 5.82 Å². The van der Waals surface area contributed by atoms with Gasteiger partial charge in [0.2, 0.25) is 0 Å².